The molecule has 0 spiro atoms. The van der Waals surface area contributed by atoms with Crippen LogP contribution in [0.25, 0.3) is 0 Å². The zero-order valence-electron chi connectivity index (χ0n) is 11.6. The minimum absolute atomic E-state index is 0.0510. The van der Waals surface area contributed by atoms with E-state index in [0.717, 1.165) is 0 Å². The van der Waals surface area contributed by atoms with Gasteiger partial charge in [0.15, 0.2) is 0 Å². The molecule has 1 aliphatic heterocycles. The maximum atomic E-state index is 12.0. The third-order valence-corrected chi connectivity index (χ3v) is 3.12. The highest BCUT2D eigenvalue weighted by Crippen LogP contribution is 2.24. The van der Waals surface area contributed by atoms with Crippen molar-refractivity contribution in [2.75, 3.05) is 0 Å². The molecule has 1 saturated heterocycles. The number of nitrogens with zero attached hydrogens (tertiary/aromatic N) is 1. The maximum Gasteiger partial charge on any atom is 0.364 e. The number of hydrogen-bond acceptors (Lipinski definition) is 5. The highest BCUT2D eigenvalue weighted by Gasteiger charge is 2.33. The van der Waals surface area contributed by atoms with Crippen molar-refractivity contribution in [3.05, 3.63) is 28.2 Å². The van der Waals surface area contributed by atoms with Gasteiger partial charge in [0.2, 0.25) is 0 Å². The van der Waals surface area contributed by atoms with Crippen molar-refractivity contribution < 1.29 is 24.0 Å². The first-order chi connectivity index (χ1) is 9.86. The molecule has 0 bridgehead atoms. The molecule has 0 radical (unpaired) electrons. The Kier molecular flexibility index (Phi) is 4.62. The molecule has 0 N–H and O–H groups in total. The Balaban J connectivity index is 2.17. The molecular formula is C14H14BrNO5. The summed E-state index contributed by atoms with van der Waals surface area (Å²) in [5.74, 6) is -1.32. The number of amides is 2. The van der Waals surface area contributed by atoms with Gasteiger partial charge in [-0.05, 0) is 32.0 Å². The van der Waals surface area contributed by atoms with Crippen molar-refractivity contribution in [1.29, 1.82) is 0 Å². The van der Waals surface area contributed by atoms with Crippen LogP contribution in [0.3, 0.4) is 0 Å². The van der Waals surface area contributed by atoms with E-state index in [0.29, 0.717) is 15.3 Å². The van der Waals surface area contributed by atoms with Crippen molar-refractivity contribution >= 4 is 33.7 Å². The van der Waals surface area contributed by atoms with Crippen LogP contribution in [0.1, 0.15) is 37.0 Å². The van der Waals surface area contributed by atoms with E-state index < -0.39 is 17.8 Å². The van der Waals surface area contributed by atoms with Gasteiger partial charge in [0.05, 0.1) is 11.7 Å². The van der Waals surface area contributed by atoms with Crippen molar-refractivity contribution in [2.24, 2.45) is 0 Å². The number of halogens is 1. The molecule has 2 rings (SSSR count). The largest absolute Gasteiger partial charge is 0.491 e. The maximum absolute atomic E-state index is 12.0. The molecular weight excluding hydrogens is 342 g/mol. The van der Waals surface area contributed by atoms with Crippen LogP contribution in [-0.4, -0.2) is 29.0 Å². The lowest BCUT2D eigenvalue weighted by atomic mass is 10.2. The predicted octanol–water partition coefficient (Wildman–Crippen LogP) is 2.46. The number of hydroxylamine groups is 2. The van der Waals surface area contributed by atoms with E-state index in [4.69, 9.17) is 9.57 Å². The number of hydrogen-bond donors (Lipinski definition) is 0. The van der Waals surface area contributed by atoms with Gasteiger partial charge >= 0.3 is 5.97 Å². The van der Waals surface area contributed by atoms with Crippen molar-refractivity contribution in [3.63, 3.8) is 0 Å². The molecule has 1 aromatic carbocycles. The average Bonchev–Trinajstić information content (AvgIpc) is 2.69. The predicted molar refractivity (Wildman–Crippen MR) is 76.4 cm³/mol. The van der Waals surface area contributed by atoms with Crippen LogP contribution in [0.5, 0.6) is 5.75 Å². The highest BCUT2D eigenvalue weighted by molar-refractivity contribution is 9.10. The summed E-state index contributed by atoms with van der Waals surface area (Å²) in [6.45, 7) is 3.72. The quantitative estimate of drug-likeness (QED) is 0.775. The number of imide groups is 1. The second-order valence-electron chi connectivity index (χ2n) is 4.80. The molecule has 1 fully saturated rings. The van der Waals surface area contributed by atoms with Gasteiger partial charge in [-0.2, -0.15) is 0 Å². The lowest BCUT2D eigenvalue weighted by molar-refractivity contribution is -0.172. The van der Waals surface area contributed by atoms with Gasteiger partial charge in [0.1, 0.15) is 5.75 Å². The van der Waals surface area contributed by atoms with Gasteiger partial charge in [-0.15, -0.1) is 5.06 Å². The summed E-state index contributed by atoms with van der Waals surface area (Å²) in [5, 5.41) is 0.520. The summed E-state index contributed by atoms with van der Waals surface area (Å²) in [5.41, 5.74) is 0.188. The first-order valence-corrected chi connectivity index (χ1v) is 7.21. The third kappa shape index (κ3) is 3.81. The number of ether oxygens (including phenoxy) is 1. The molecule has 0 atom stereocenters. The van der Waals surface area contributed by atoms with E-state index in [1.165, 1.54) is 12.1 Å². The molecule has 2 amide bonds. The Morgan fingerprint density at radius 3 is 2.38 bits per heavy atom. The normalized spacial score (nSPS) is 14.8. The molecule has 0 aromatic heterocycles. The summed E-state index contributed by atoms with van der Waals surface area (Å²) in [6.07, 6.45) is 0.0726. The standard InChI is InChI=1S/C14H14BrNO5/c1-8(2)20-11-6-9(5-10(15)7-11)14(19)21-16-12(17)3-4-13(16)18/h5-8H,3-4H2,1-2H3. The zero-order valence-corrected chi connectivity index (χ0v) is 13.2. The molecule has 7 heteroatoms. The van der Waals surface area contributed by atoms with Crippen LogP contribution >= 0.6 is 15.9 Å². The van der Waals surface area contributed by atoms with Crippen molar-refractivity contribution in [2.45, 2.75) is 32.8 Å². The Morgan fingerprint density at radius 2 is 1.81 bits per heavy atom. The SMILES string of the molecule is CC(C)Oc1cc(Br)cc(C(=O)ON2C(=O)CCC2=O)c1. The van der Waals surface area contributed by atoms with E-state index in [-0.39, 0.29) is 24.5 Å². The minimum atomic E-state index is -0.784. The Bertz CT molecular complexity index is 583. The fourth-order valence-corrected chi connectivity index (χ4v) is 2.29. The fraction of sp³-hybridized carbons (Fsp3) is 0.357. The fourth-order valence-electron chi connectivity index (χ4n) is 1.81. The first-order valence-electron chi connectivity index (χ1n) is 6.42. The van der Waals surface area contributed by atoms with Gasteiger partial charge in [-0.25, -0.2) is 4.79 Å². The van der Waals surface area contributed by atoms with E-state index in [9.17, 15) is 14.4 Å². The smallest absolute Gasteiger partial charge is 0.364 e. The lowest BCUT2D eigenvalue weighted by Crippen LogP contribution is -2.32. The summed E-state index contributed by atoms with van der Waals surface area (Å²) in [7, 11) is 0. The Labute approximate surface area is 130 Å². The second kappa shape index (κ2) is 6.26. The zero-order chi connectivity index (χ0) is 15.6. The molecule has 0 saturated carbocycles. The van der Waals surface area contributed by atoms with Crippen molar-refractivity contribution in [3.8, 4) is 5.75 Å². The molecule has 1 aromatic rings. The number of benzene rings is 1. The first kappa shape index (κ1) is 15.5. The van der Waals surface area contributed by atoms with Gasteiger partial charge in [-0.1, -0.05) is 15.9 Å². The van der Waals surface area contributed by atoms with E-state index in [1.807, 2.05) is 13.8 Å². The third-order valence-electron chi connectivity index (χ3n) is 2.66. The molecule has 6 nitrogen and oxygen atoms in total. The number of carbonyl (C=O) groups is 3. The average molecular weight is 356 g/mol. The monoisotopic (exact) mass is 355 g/mol. The lowest BCUT2D eigenvalue weighted by Gasteiger charge is -2.14. The molecule has 0 unspecified atom stereocenters. The van der Waals surface area contributed by atoms with Crippen LogP contribution in [0.4, 0.5) is 0 Å². The molecule has 112 valence electrons. The van der Waals surface area contributed by atoms with E-state index in [1.54, 1.807) is 6.07 Å². The topological polar surface area (TPSA) is 72.9 Å². The summed E-state index contributed by atoms with van der Waals surface area (Å²) in [6, 6.07) is 4.74. The van der Waals surface area contributed by atoms with Crippen LogP contribution in [-0.2, 0) is 14.4 Å². The summed E-state index contributed by atoms with van der Waals surface area (Å²) < 4.78 is 6.14. The van der Waals surface area contributed by atoms with Gasteiger partial charge in [0, 0.05) is 17.3 Å². The molecule has 1 aliphatic rings. The molecule has 21 heavy (non-hydrogen) atoms. The summed E-state index contributed by atoms with van der Waals surface area (Å²) in [4.78, 5) is 39.7. The minimum Gasteiger partial charge on any atom is -0.491 e. The second-order valence-corrected chi connectivity index (χ2v) is 5.72. The molecule has 1 heterocycles. The molecule has 0 aliphatic carbocycles. The summed E-state index contributed by atoms with van der Waals surface area (Å²) >= 11 is 3.27. The van der Waals surface area contributed by atoms with Crippen LogP contribution in [0.2, 0.25) is 0 Å². The number of carbonyl (C=O) groups excluding carboxylic acids is 3. The van der Waals surface area contributed by atoms with Crippen molar-refractivity contribution in [1.82, 2.24) is 5.06 Å². The van der Waals surface area contributed by atoms with Gasteiger partial charge in [-0.3, -0.25) is 9.59 Å². The number of rotatable bonds is 4. The highest BCUT2D eigenvalue weighted by atomic mass is 79.9. The van der Waals surface area contributed by atoms with Gasteiger partial charge in [0.25, 0.3) is 11.8 Å². The Morgan fingerprint density at radius 1 is 1.19 bits per heavy atom. The van der Waals surface area contributed by atoms with Crippen LogP contribution < -0.4 is 4.74 Å². The van der Waals surface area contributed by atoms with Crippen LogP contribution in [0, 0.1) is 0 Å². The Hall–Kier alpha value is -1.89. The van der Waals surface area contributed by atoms with E-state index in [2.05, 4.69) is 15.9 Å². The van der Waals surface area contributed by atoms with E-state index >= 15 is 0 Å². The van der Waals surface area contributed by atoms with Gasteiger partial charge < -0.3 is 9.57 Å². The van der Waals surface area contributed by atoms with Crippen LogP contribution in [0.15, 0.2) is 22.7 Å².